The molecule has 0 aromatic heterocycles. The number of nitro benzene ring substituents is 1. The van der Waals surface area contributed by atoms with Crippen molar-refractivity contribution in [3.05, 3.63) is 34.4 Å². The standard InChI is InChI=1S/C16H18N4O5/c1-10(13(21)17-11-5-4-6-12(9-11)20(24)25)19-14(22)16(18-15(19)23)7-2-3-8-16/h4-6,9-10H,2-3,7-8H2,1H3,(H,17,21)(H,18,23)/t10-/m1/s1. The number of nitrogens with one attached hydrogen (secondary N) is 2. The highest BCUT2D eigenvalue weighted by Gasteiger charge is 2.54. The second-order valence-electron chi connectivity index (χ2n) is 6.37. The van der Waals surface area contributed by atoms with Crippen molar-refractivity contribution in [3.63, 3.8) is 0 Å². The molecule has 1 saturated heterocycles. The van der Waals surface area contributed by atoms with Crippen LogP contribution in [0.4, 0.5) is 16.2 Å². The van der Waals surface area contributed by atoms with Crippen LogP contribution in [0.2, 0.25) is 0 Å². The van der Waals surface area contributed by atoms with Gasteiger partial charge in [0, 0.05) is 17.8 Å². The molecule has 4 amide bonds. The van der Waals surface area contributed by atoms with Crippen LogP contribution in [0.3, 0.4) is 0 Å². The topological polar surface area (TPSA) is 122 Å². The first-order chi connectivity index (χ1) is 11.8. The van der Waals surface area contributed by atoms with Gasteiger partial charge in [0.2, 0.25) is 5.91 Å². The lowest BCUT2D eigenvalue weighted by atomic mass is 9.97. The predicted octanol–water partition coefficient (Wildman–Crippen LogP) is 1.79. The third-order valence-electron chi connectivity index (χ3n) is 4.74. The van der Waals surface area contributed by atoms with Crippen molar-refractivity contribution in [1.29, 1.82) is 0 Å². The number of hydrogen-bond donors (Lipinski definition) is 2. The Hall–Kier alpha value is -2.97. The van der Waals surface area contributed by atoms with E-state index in [0.29, 0.717) is 12.8 Å². The Morgan fingerprint density at radius 1 is 1.36 bits per heavy atom. The zero-order chi connectivity index (χ0) is 18.2. The molecule has 1 aromatic carbocycles. The van der Waals surface area contributed by atoms with Crippen LogP contribution in [-0.2, 0) is 9.59 Å². The fourth-order valence-electron chi connectivity index (χ4n) is 3.37. The number of imide groups is 1. The number of hydrogen-bond acceptors (Lipinski definition) is 5. The van der Waals surface area contributed by atoms with E-state index >= 15 is 0 Å². The Morgan fingerprint density at radius 3 is 2.68 bits per heavy atom. The lowest BCUT2D eigenvalue weighted by molar-refractivity contribution is -0.384. The SMILES string of the molecule is C[C@H](C(=O)Nc1cccc([N+](=O)[O-])c1)N1C(=O)NC2(CCCC2)C1=O. The summed E-state index contributed by atoms with van der Waals surface area (Å²) in [6.45, 7) is 1.46. The predicted molar refractivity (Wildman–Crippen MR) is 87.8 cm³/mol. The summed E-state index contributed by atoms with van der Waals surface area (Å²) in [6, 6.07) is 3.87. The number of nitrogens with zero attached hydrogens (tertiary/aromatic N) is 2. The van der Waals surface area contributed by atoms with Gasteiger partial charge in [0.25, 0.3) is 11.6 Å². The summed E-state index contributed by atoms with van der Waals surface area (Å²) in [6.07, 6.45) is 2.86. The average Bonchev–Trinajstić information content (AvgIpc) is 3.13. The van der Waals surface area contributed by atoms with Gasteiger partial charge in [-0.1, -0.05) is 18.9 Å². The maximum Gasteiger partial charge on any atom is 0.325 e. The highest BCUT2D eigenvalue weighted by Crippen LogP contribution is 2.35. The van der Waals surface area contributed by atoms with Crippen LogP contribution >= 0.6 is 0 Å². The van der Waals surface area contributed by atoms with Gasteiger partial charge in [0.05, 0.1) is 4.92 Å². The lowest BCUT2D eigenvalue weighted by Gasteiger charge is -2.23. The molecule has 2 fully saturated rings. The second-order valence-corrected chi connectivity index (χ2v) is 6.37. The minimum atomic E-state index is -1.02. The molecule has 0 radical (unpaired) electrons. The molecular formula is C16H18N4O5. The minimum Gasteiger partial charge on any atom is -0.324 e. The maximum atomic E-state index is 12.7. The molecule has 1 aromatic rings. The molecule has 132 valence electrons. The number of rotatable bonds is 4. The second kappa shape index (κ2) is 6.15. The fourth-order valence-corrected chi connectivity index (χ4v) is 3.37. The maximum absolute atomic E-state index is 12.7. The molecule has 25 heavy (non-hydrogen) atoms. The number of non-ortho nitro benzene ring substituents is 1. The van der Waals surface area contributed by atoms with Crippen LogP contribution in [0.5, 0.6) is 0 Å². The number of urea groups is 1. The van der Waals surface area contributed by atoms with Crippen molar-refractivity contribution in [1.82, 2.24) is 10.2 Å². The summed E-state index contributed by atoms with van der Waals surface area (Å²) in [5, 5.41) is 16.0. The van der Waals surface area contributed by atoms with E-state index < -0.39 is 28.4 Å². The molecule has 1 heterocycles. The van der Waals surface area contributed by atoms with Gasteiger partial charge in [-0.25, -0.2) is 9.69 Å². The van der Waals surface area contributed by atoms with Gasteiger partial charge in [-0.3, -0.25) is 19.7 Å². The highest BCUT2D eigenvalue weighted by atomic mass is 16.6. The van der Waals surface area contributed by atoms with E-state index in [2.05, 4.69) is 10.6 Å². The van der Waals surface area contributed by atoms with Gasteiger partial charge >= 0.3 is 6.03 Å². The van der Waals surface area contributed by atoms with E-state index in [1.54, 1.807) is 0 Å². The Bertz CT molecular complexity index is 757. The zero-order valence-corrected chi connectivity index (χ0v) is 13.7. The first-order valence-electron chi connectivity index (χ1n) is 8.05. The number of benzene rings is 1. The smallest absolute Gasteiger partial charge is 0.324 e. The molecule has 1 spiro atoms. The monoisotopic (exact) mass is 346 g/mol. The van der Waals surface area contributed by atoms with Crippen molar-refractivity contribution >= 4 is 29.2 Å². The first-order valence-corrected chi connectivity index (χ1v) is 8.05. The third kappa shape index (κ3) is 2.92. The van der Waals surface area contributed by atoms with Crippen LogP contribution in [0, 0.1) is 10.1 Å². The molecule has 1 aliphatic heterocycles. The van der Waals surface area contributed by atoms with Gasteiger partial charge in [0.1, 0.15) is 11.6 Å². The number of anilines is 1. The van der Waals surface area contributed by atoms with Crippen molar-refractivity contribution in [2.75, 3.05) is 5.32 Å². The highest BCUT2D eigenvalue weighted by molar-refractivity contribution is 6.11. The lowest BCUT2D eigenvalue weighted by Crippen LogP contribution is -2.48. The number of carbonyl (C=O) groups excluding carboxylic acids is 3. The van der Waals surface area contributed by atoms with Gasteiger partial charge in [-0.05, 0) is 25.8 Å². The van der Waals surface area contributed by atoms with Crippen LogP contribution < -0.4 is 10.6 Å². The van der Waals surface area contributed by atoms with Crippen molar-refractivity contribution in [2.24, 2.45) is 0 Å². The summed E-state index contributed by atoms with van der Waals surface area (Å²) in [5.74, 6) is -0.962. The first kappa shape index (κ1) is 16.9. The Balaban J connectivity index is 1.74. The molecule has 3 rings (SSSR count). The van der Waals surface area contributed by atoms with Crippen molar-refractivity contribution in [2.45, 2.75) is 44.2 Å². The van der Waals surface area contributed by atoms with Crippen molar-refractivity contribution in [3.8, 4) is 0 Å². The van der Waals surface area contributed by atoms with Crippen molar-refractivity contribution < 1.29 is 19.3 Å². The van der Waals surface area contributed by atoms with Gasteiger partial charge in [-0.15, -0.1) is 0 Å². The Labute approximate surface area is 143 Å². The summed E-state index contributed by atoms with van der Waals surface area (Å²) >= 11 is 0. The number of nitro groups is 1. The molecule has 2 aliphatic rings. The number of carbonyl (C=O) groups is 3. The quantitative estimate of drug-likeness (QED) is 0.489. The van der Waals surface area contributed by atoms with Gasteiger partial charge in [-0.2, -0.15) is 0 Å². The summed E-state index contributed by atoms with van der Waals surface area (Å²) in [5.41, 5.74) is -0.809. The van der Waals surface area contributed by atoms with Crippen LogP contribution in [0.25, 0.3) is 0 Å². The zero-order valence-electron chi connectivity index (χ0n) is 13.7. The van der Waals surface area contributed by atoms with Gasteiger partial charge < -0.3 is 10.6 Å². The fraction of sp³-hybridized carbons (Fsp3) is 0.438. The molecule has 9 nitrogen and oxygen atoms in total. The molecule has 1 saturated carbocycles. The van der Waals surface area contributed by atoms with Crippen LogP contribution in [0.15, 0.2) is 24.3 Å². The van der Waals surface area contributed by atoms with E-state index in [1.807, 2.05) is 0 Å². The molecule has 1 atom stereocenters. The largest absolute Gasteiger partial charge is 0.325 e. The summed E-state index contributed by atoms with van der Waals surface area (Å²) in [4.78, 5) is 48.5. The molecule has 9 heteroatoms. The Morgan fingerprint density at radius 2 is 2.04 bits per heavy atom. The minimum absolute atomic E-state index is 0.162. The van der Waals surface area contributed by atoms with E-state index in [0.717, 1.165) is 17.7 Å². The molecular weight excluding hydrogens is 328 g/mol. The van der Waals surface area contributed by atoms with E-state index in [9.17, 15) is 24.5 Å². The number of amides is 4. The van der Waals surface area contributed by atoms with E-state index in [1.165, 1.54) is 31.2 Å². The molecule has 1 aliphatic carbocycles. The van der Waals surface area contributed by atoms with E-state index in [-0.39, 0.29) is 17.3 Å². The molecule has 0 bridgehead atoms. The summed E-state index contributed by atoms with van der Waals surface area (Å²) in [7, 11) is 0. The third-order valence-corrected chi connectivity index (χ3v) is 4.74. The van der Waals surface area contributed by atoms with Crippen LogP contribution in [0.1, 0.15) is 32.6 Å². The van der Waals surface area contributed by atoms with Gasteiger partial charge in [0.15, 0.2) is 0 Å². The molecule has 2 N–H and O–H groups in total. The average molecular weight is 346 g/mol. The van der Waals surface area contributed by atoms with Crippen LogP contribution in [-0.4, -0.2) is 39.2 Å². The summed E-state index contributed by atoms with van der Waals surface area (Å²) < 4.78 is 0. The van der Waals surface area contributed by atoms with E-state index in [4.69, 9.17) is 0 Å². The normalized spacial score (nSPS) is 19.8. The molecule has 0 unspecified atom stereocenters. The Kier molecular flexibility index (Phi) is 4.15.